The molecule has 0 saturated heterocycles. The van der Waals surface area contributed by atoms with E-state index < -0.39 is 0 Å². The first-order valence-corrected chi connectivity index (χ1v) is 7.98. The van der Waals surface area contributed by atoms with Crippen LogP contribution in [0, 0.1) is 5.92 Å². The van der Waals surface area contributed by atoms with Gasteiger partial charge in [0.05, 0.1) is 0 Å². The maximum absolute atomic E-state index is 11.4. The highest BCUT2D eigenvalue weighted by Gasteiger charge is 2.23. The number of unbranched alkanes of at least 4 members (excludes halogenated alkanes) is 8. The smallest absolute Gasteiger partial charge is 0.135 e. The van der Waals surface area contributed by atoms with Crippen molar-refractivity contribution in [3.63, 3.8) is 0 Å². The maximum atomic E-state index is 11.4. The van der Waals surface area contributed by atoms with E-state index in [1.807, 2.05) is 0 Å². The van der Waals surface area contributed by atoms with E-state index >= 15 is 0 Å². The fourth-order valence-electron chi connectivity index (χ4n) is 2.93. The van der Waals surface area contributed by atoms with Crippen molar-refractivity contribution in [1.29, 1.82) is 0 Å². The van der Waals surface area contributed by atoms with Crippen molar-refractivity contribution >= 4 is 5.78 Å². The predicted octanol–water partition coefficient (Wildman–Crippen LogP) is 4.25. The summed E-state index contributed by atoms with van der Waals surface area (Å²) in [5, 5.41) is 8.65. The lowest BCUT2D eigenvalue weighted by atomic mass is 9.98. The first-order valence-electron chi connectivity index (χ1n) is 7.98. The molecule has 0 aromatic carbocycles. The van der Waals surface area contributed by atoms with E-state index in [4.69, 9.17) is 5.11 Å². The molecule has 1 N–H and O–H groups in total. The Morgan fingerprint density at radius 3 is 1.94 bits per heavy atom. The third-order valence-corrected chi connectivity index (χ3v) is 4.14. The number of aliphatic hydroxyl groups is 1. The molecule has 0 amide bonds. The molecule has 0 radical (unpaired) electrons. The lowest BCUT2D eigenvalue weighted by Gasteiger charge is -2.07. The molecule has 1 atom stereocenters. The van der Waals surface area contributed by atoms with Gasteiger partial charge < -0.3 is 5.11 Å². The van der Waals surface area contributed by atoms with Crippen LogP contribution in [0.4, 0.5) is 0 Å². The zero-order chi connectivity index (χ0) is 13.1. The number of ketones is 1. The second-order valence-electron chi connectivity index (χ2n) is 5.75. The number of aliphatic hydroxyl groups excluding tert-OH is 1. The first kappa shape index (κ1) is 15.7. The lowest BCUT2D eigenvalue weighted by molar-refractivity contribution is -0.120. The zero-order valence-electron chi connectivity index (χ0n) is 11.8. The molecule has 0 bridgehead atoms. The number of carbonyl (C=O) groups excluding carboxylic acids is 1. The molecule has 0 aromatic heterocycles. The molecule has 1 fully saturated rings. The molecule has 18 heavy (non-hydrogen) atoms. The highest BCUT2D eigenvalue weighted by Crippen LogP contribution is 2.26. The maximum Gasteiger partial charge on any atom is 0.135 e. The van der Waals surface area contributed by atoms with Crippen LogP contribution in [0.5, 0.6) is 0 Å². The van der Waals surface area contributed by atoms with Gasteiger partial charge in [0.2, 0.25) is 0 Å². The molecule has 1 aliphatic rings. The predicted molar refractivity (Wildman–Crippen MR) is 75.6 cm³/mol. The van der Waals surface area contributed by atoms with E-state index in [1.165, 1.54) is 51.4 Å². The second-order valence-corrected chi connectivity index (χ2v) is 5.75. The Morgan fingerprint density at radius 1 is 0.889 bits per heavy atom. The van der Waals surface area contributed by atoms with Gasteiger partial charge in [-0.2, -0.15) is 0 Å². The van der Waals surface area contributed by atoms with Crippen LogP contribution < -0.4 is 0 Å². The summed E-state index contributed by atoms with van der Waals surface area (Å²) < 4.78 is 0. The summed E-state index contributed by atoms with van der Waals surface area (Å²) in [5.74, 6) is 0.947. The molecular formula is C16H30O2. The van der Waals surface area contributed by atoms with E-state index in [0.29, 0.717) is 18.3 Å². The largest absolute Gasteiger partial charge is 0.396 e. The average Bonchev–Trinajstić information content (AvgIpc) is 2.77. The summed E-state index contributed by atoms with van der Waals surface area (Å²) in [4.78, 5) is 11.4. The Bertz CT molecular complexity index is 213. The van der Waals surface area contributed by atoms with Crippen LogP contribution in [-0.4, -0.2) is 17.5 Å². The first-order chi connectivity index (χ1) is 8.84. The number of Topliss-reactive ketones (excluding diaryl/α,β-unsaturated/α-hetero) is 1. The topological polar surface area (TPSA) is 37.3 Å². The summed E-state index contributed by atoms with van der Waals surface area (Å²) in [5.41, 5.74) is 0. The molecule has 2 heteroatoms. The standard InChI is InChI=1S/C16H30O2/c17-14-9-7-5-3-1-2-4-6-8-11-15-12-10-13-16(15)18/h15,17H,1-14H2/t15-/m0/s1. The van der Waals surface area contributed by atoms with Crippen LogP contribution in [0.3, 0.4) is 0 Å². The summed E-state index contributed by atoms with van der Waals surface area (Å²) in [6.07, 6.45) is 15.6. The van der Waals surface area contributed by atoms with Gasteiger partial charge in [-0.15, -0.1) is 0 Å². The van der Waals surface area contributed by atoms with Crippen molar-refractivity contribution < 1.29 is 9.90 Å². The Hall–Kier alpha value is -0.370. The van der Waals surface area contributed by atoms with Crippen LogP contribution in [0.1, 0.15) is 83.5 Å². The van der Waals surface area contributed by atoms with Gasteiger partial charge in [0.15, 0.2) is 0 Å². The van der Waals surface area contributed by atoms with Gasteiger partial charge in [-0.1, -0.05) is 51.4 Å². The minimum atomic E-state index is 0.347. The molecule has 0 aliphatic heterocycles. The Balaban J connectivity index is 1.77. The van der Waals surface area contributed by atoms with Gasteiger partial charge in [0.25, 0.3) is 0 Å². The van der Waals surface area contributed by atoms with E-state index in [2.05, 4.69) is 0 Å². The van der Waals surface area contributed by atoms with Crippen molar-refractivity contribution in [3.05, 3.63) is 0 Å². The SMILES string of the molecule is O=C1CCC[C@@H]1CCCCCCCCCCCO. The van der Waals surface area contributed by atoms with Crippen molar-refractivity contribution in [2.45, 2.75) is 83.5 Å². The minimum Gasteiger partial charge on any atom is -0.396 e. The van der Waals surface area contributed by atoms with Crippen molar-refractivity contribution in [2.24, 2.45) is 5.92 Å². The highest BCUT2D eigenvalue weighted by molar-refractivity contribution is 5.82. The number of hydrogen-bond donors (Lipinski definition) is 1. The van der Waals surface area contributed by atoms with Crippen LogP contribution in [0.25, 0.3) is 0 Å². The van der Waals surface area contributed by atoms with Gasteiger partial charge >= 0.3 is 0 Å². The van der Waals surface area contributed by atoms with Gasteiger partial charge in [-0.05, 0) is 25.7 Å². The molecule has 0 aromatic rings. The Labute approximate surface area is 112 Å². The van der Waals surface area contributed by atoms with Crippen LogP contribution >= 0.6 is 0 Å². The summed E-state index contributed by atoms with van der Waals surface area (Å²) >= 11 is 0. The van der Waals surface area contributed by atoms with E-state index in [0.717, 1.165) is 32.1 Å². The van der Waals surface area contributed by atoms with Gasteiger partial charge in [-0.25, -0.2) is 0 Å². The van der Waals surface area contributed by atoms with E-state index in [-0.39, 0.29) is 0 Å². The van der Waals surface area contributed by atoms with Crippen LogP contribution in [0.2, 0.25) is 0 Å². The monoisotopic (exact) mass is 254 g/mol. The van der Waals surface area contributed by atoms with E-state index in [1.54, 1.807) is 0 Å². The molecule has 1 rings (SSSR count). The second kappa shape index (κ2) is 10.5. The third-order valence-electron chi connectivity index (χ3n) is 4.14. The van der Waals surface area contributed by atoms with Crippen molar-refractivity contribution in [2.75, 3.05) is 6.61 Å². The summed E-state index contributed by atoms with van der Waals surface area (Å²) in [6, 6.07) is 0. The average molecular weight is 254 g/mol. The zero-order valence-corrected chi connectivity index (χ0v) is 11.8. The number of carbonyl (C=O) groups is 1. The van der Waals surface area contributed by atoms with Crippen molar-refractivity contribution in [1.82, 2.24) is 0 Å². The molecule has 0 spiro atoms. The molecule has 1 saturated carbocycles. The highest BCUT2D eigenvalue weighted by atomic mass is 16.2. The fraction of sp³-hybridized carbons (Fsp3) is 0.938. The molecule has 0 unspecified atom stereocenters. The normalized spacial score (nSPS) is 19.6. The Kier molecular flexibility index (Phi) is 9.19. The Morgan fingerprint density at radius 2 is 1.44 bits per heavy atom. The fourth-order valence-corrected chi connectivity index (χ4v) is 2.93. The van der Waals surface area contributed by atoms with Gasteiger partial charge in [0.1, 0.15) is 5.78 Å². The van der Waals surface area contributed by atoms with Gasteiger partial charge in [0, 0.05) is 18.9 Å². The molecule has 1 aliphatic carbocycles. The molecule has 106 valence electrons. The van der Waals surface area contributed by atoms with Crippen LogP contribution in [-0.2, 0) is 4.79 Å². The third kappa shape index (κ3) is 7.15. The summed E-state index contributed by atoms with van der Waals surface area (Å²) in [7, 11) is 0. The molecular weight excluding hydrogens is 224 g/mol. The van der Waals surface area contributed by atoms with Crippen molar-refractivity contribution in [3.8, 4) is 0 Å². The number of hydrogen-bond acceptors (Lipinski definition) is 2. The van der Waals surface area contributed by atoms with Crippen LogP contribution in [0.15, 0.2) is 0 Å². The molecule has 2 nitrogen and oxygen atoms in total. The minimum absolute atomic E-state index is 0.347. The number of rotatable bonds is 11. The quantitative estimate of drug-likeness (QED) is 0.560. The van der Waals surface area contributed by atoms with E-state index in [9.17, 15) is 4.79 Å². The molecule has 0 heterocycles. The van der Waals surface area contributed by atoms with Gasteiger partial charge in [-0.3, -0.25) is 4.79 Å². The summed E-state index contributed by atoms with van der Waals surface area (Å²) in [6.45, 7) is 0.347. The lowest BCUT2D eigenvalue weighted by Crippen LogP contribution is -2.05.